The first-order chi connectivity index (χ1) is 14.6. The summed E-state index contributed by atoms with van der Waals surface area (Å²) in [6.45, 7) is 2.06. The molecule has 5 nitrogen and oxygen atoms in total. The highest BCUT2D eigenvalue weighted by molar-refractivity contribution is 5.94. The summed E-state index contributed by atoms with van der Waals surface area (Å²) < 4.78 is 5.61. The molecule has 0 radical (unpaired) electrons. The molecule has 2 fully saturated rings. The highest BCUT2D eigenvalue weighted by Gasteiger charge is 2.38. The molecule has 0 unspecified atom stereocenters. The third kappa shape index (κ3) is 4.20. The first kappa shape index (κ1) is 20.5. The molecule has 1 aliphatic carbocycles. The van der Waals surface area contributed by atoms with Crippen molar-refractivity contribution in [1.29, 1.82) is 0 Å². The minimum absolute atomic E-state index is 0.0556. The molecule has 1 N–H and O–H groups in total. The molecular formula is C25H30N2O3. The molecule has 1 saturated heterocycles. The summed E-state index contributed by atoms with van der Waals surface area (Å²) in [7, 11) is 1.71. The van der Waals surface area contributed by atoms with E-state index in [-0.39, 0.29) is 17.2 Å². The Bertz CT molecular complexity index is 901. The number of amides is 2. The van der Waals surface area contributed by atoms with E-state index in [0.717, 1.165) is 50.0 Å². The van der Waals surface area contributed by atoms with Crippen LogP contribution in [0, 0.1) is 0 Å². The Hall–Kier alpha value is -2.82. The van der Waals surface area contributed by atoms with Gasteiger partial charge < -0.3 is 15.0 Å². The number of rotatable bonds is 7. The molecule has 2 aromatic carbocycles. The van der Waals surface area contributed by atoms with Crippen molar-refractivity contribution in [3.05, 3.63) is 65.2 Å². The molecule has 0 atom stereocenters. The van der Waals surface area contributed by atoms with Crippen molar-refractivity contribution < 1.29 is 14.3 Å². The van der Waals surface area contributed by atoms with E-state index in [2.05, 4.69) is 11.4 Å². The third-order valence-corrected chi connectivity index (χ3v) is 6.59. The van der Waals surface area contributed by atoms with Crippen LogP contribution in [0.3, 0.4) is 0 Å². The maximum Gasteiger partial charge on any atom is 0.251 e. The zero-order chi connectivity index (χ0) is 21.0. The van der Waals surface area contributed by atoms with Crippen molar-refractivity contribution in [1.82, 2.24) is 10.2 Å². The molecule has 1 heterocycles. The minimum atomic E-state index is -0.0711. The smallest absolute Gasteiger partial charge is 0.251 e. The first-order valence-corrected chi connectivity index (χ1v) is 10.9. The van der Waals surface area contributed by atoms with E-state index in [0.29, 0.717) is 25.1 Å². The van der Waals surface area contributed by atoms with Crippen LogP contribution in [0.1, 0.15) is 60.0 Å². The molecule has 1 aliphatic heterocycles. The zero-order valence-corrected chi connectivity index (χ0v) is 17.7. The van der Waals surface area contributed by atoms with Gasteiger partial charge in [-0.3, -0.25) is 9.59 Å². The number of carbonyl (C=O) groups excluding carboxylic acids is 2. The van der Waals surface area contributed by atoms with Gasteiger partial charge in [-0.15, -0.1) is 0 Å². The predicted molar refractivity (Wildman–Crippen MR) is 117 cm³/mol. The minimum Gasteiger partial charge on any atom is -0.496 e. The summed E-state index contributed by atoms with van der Waals surface area (Å²) in [5.41, 5.74) is 2.83. The molecule has 0 spiro atoms. The zero-order valence-electron chi connectivity index (χ0n) is 17.7. The highest BCUT2D eigenvalue weighted by Crippen LogP contribution is 2.44. The van der Waals surface area contributed by atoms with E-state index in [1.807, 2.05) is 47.4 Å². The lowest BCUT2D eigenvalue weighted by atomic mass is 9.78. The first-order valence-electron chi connectivity index (χ1n) is 10.9. The Balaban J connectivity index is 1.42. The van der Waals surface area contributed by atoms with Crippen LogP contribution in [0.4, 0.5) is 0 Å². The van der Waals surface area contributed by atoms with Crippen molar-refractivity contribution in [2.24, 2.45) is 0 Å². The SMILES string of the molecule is COc1ccccc1C1(CNC(=O)c2ccc(CN3CCCC3=O)cc2)CCCC1. The molecule has 4 rings (SSSR count). The van der Waals surface area contributed by atoms with Crippen LogP contribution in [0.2, 0.25) is 0 Å². The molecule has 1 saturated carbocycles. The fourth-order valence-corrected chi connectivity index (χ4v) is 4.88. The number of para-hydroxylation sites is 1. The van der Waals surface area contributed by atoms with Crippen LogP contribution in [-0.2, 0) is 16.8 Å². The van der Waals surface area contributed by atoms with Gasteiger partial charge in [0.2, 0.25) is 5.91 Å². The summed E-state index contributed by atoms with van der Waals surface area (Å²) >= 11 is 0. The quantitative estimate of drug-likeness (QED) is 0.754. The number of nitrogens with one attached hydrogen (secondary N) is 1. The number of hydrogen-bond acceptors (Lipinski definition) is 3. The van der Waals surface area contributed by atoms with Gasteiger partial charge in [-0.2, -0.15) is 0 Å². The van der Waals surface area contributed by atoms with Gasteiger partial charge in [0.05, 0.1) is 7.11 Å². The lowest BCUT2D eigenvalue weighted by molar-refractivity contribution is -0.128. The normalized spacial score (nSPS) is 17.9. The number of nitrogens with zero attached hydrogens (tertiary/aromatic N) is 1. The Morgan fingerprint density at radius 1 is 1.07 bits per heavy atom. The van der Waals surface area contributed by atoms with E-state index >= 15 is 0 Å². The van der Waals surface area contributed by atoms with Crippen molar-refractivity contribution in [2.75, 3.05) is 20.2 Å². The van der Waals surface area contributed by atoms with Crippen LogP contribution < -0.4 is 10.1 Å². The maximum absolute atomic E-state index is 12.8. The molecule has 30 heavy (non-hydrogen) atoms. The third-order valence-electron chi connectivity index (χ3n) is 6.59. The standard InChI is InChI=1S/C25H30N2O3/c1-30-22-8-3-2-7-21(22)25(14-4-5-15-25)18-26-24(29)20-12-10-19(11-13-20)17-27-16-6-9-23(27)28/h2-3,7-8,10-13H,4-6,9,14-18H2,1H3,(H,26,29). The van der Waals surface area contributed by atoms with Crippen molar-refractivity contribution in [3.63, 3.8) is 0 Å². The van der Waals surface area contributed by atoms with Crippen molar-refractivity contribution >= 4 is 11.8 Å². The van der Waals surface area contributed by atoms with E-state index in [1.54, 1.807) is 7.11 Å². The lowest BCUT2D eigenvalue weighted by Crippen LogP contribution is -2.39. The molecule has 158 valence electrons. The monoisotopic (exact) mass is 406 g/mol. The molecule has 2 amide bonds. The number of likely N-dealkylation sites (tertiary alicyclic amines) is 1. The Morgan fingerprint density at radius 3 is 2.47 bits per heavy atom. The van der Waals surface area contributed by atoms with E-state index < -0.39 is 0 Å². The topological polar surface area (TPSA) is 58.6 Å². The predicted octanol–water partition coefficient (Wildman–Crippen LogP) is 4.06. The molecule has 0 bridgehead atoms. The number of benzene rings is 2. The van der Waals surface area contributed by atoms with E-state index in [4.69, 9.17) is 4.74 Å². The van der Waals surface area contributed by atoms with E-state index in [1.165, 1.54) is 5.56 Å². The molecule has 5 heteroatoms. The van der Waals surface area contributed by atoms with Gasteiger partial charge >= 0.3 is 0 Å². The van der Waals surface area contributed by atoms with Crippen LogP contribution >= 0.6 is 0 Å². The highest BCUT2D eigenvalue weighted by atomic mass is 16.5. The van der Waals surface area contributed by atoms with E-state index in [9.17, 15) is 9.59 Å². The summed E-state index contributed by atoms with van der Waals surface area (Å²) in [6.07, 6.45) is 6.02. The molecular weight excluding hydrogens is 376 g/mol. The van der Waals surface area contributed by atoms with Gasteiger partial charge in [0, 0.05) is 42.6 Å². The molecule has 0 aromatic heterocycles. The average molecular weight is 407 g/mol. The summed E-state index contributed by atoms with van der Waals surface area (Å²) in [5.74, 6) is 1.06. The summed E-state index contributed by atoms with van der Waals surface area (Å²) in [6, 6.07) is 15.8. The largest absolute Gasteiger partial charge is 0.496 e. The molecule has 2 aromatic rings. The summed E-state index contributed by atoms with van der Waals surface area (Å²) in [5, 5.41) is 3.17. The Labute approximate surface area is 178 Å². The van der Waals surface area contributed by atoms with Gasteiger partial charge in [-0.25, -0.2) is 0 Å². The second kappa shape index (κ2) is 8.90. The van der Waals surface area contributed by atoms with Gasteiger partial charge in [0.15, 0.2) is 0 Å². The van der Waals surface area contributed by atoms with Crippen LogP contribution in [0.15, 0.2) is 48.5 Å². The van der Waals surface area contributed by atoms with Crippen LogP contribution in [-0.4, -0.2) is 36.9 Å². The number of hydrogen-bond donors (Lipinski definition) is 1. The van der Waals surface area contributed by atoms with Crippen LogP contribution in [0.25, 0.3) is 0 Å². The maximum atomic E-state index is 12.8. The summed E-state index contributed by atoms with van der Waals surface area (Å²) in [4.78, 5) is 26.5. The second-order valence-electron chi connectivity index (χ2n) is 8.49. The Kier molecular flexibility index (Phi) is 6.07. The number of ether oxygens (including phenoxy) is 1. The second-order valence-corrected chi connectivity index (χ2v) is 8.49. The van der Waals surface area contributed by atoms with Gasteiger partial charge in [-0.1, -0.05) is 43.2 Å². The van der Waals surface area contributed by atoms with Gasteiger partial charge in [-0.05, 0) is 43.0 Å². The van der Waals surface area contributed by atoms with Crippen LogP contribution in [0.5, 0.6) is 5.75 Å². The number of methoxy groups -OCH3 is 1. The number of carbonyl (C=O) groups is 2. The Morgan fingerprint density at radius 2 is 1.80 bits per heavy atom. The fourth-order valence-electron chi connectivity index (χ4n) is 4.88. The van der Waals surface area contributed by atoms with Gasteiger partial charge in [0.1, 0.15) is 5.75 Å². The van der Waals surface area contributed by atoms with Crippen molar-refractivity contribution in [2.45, 2.75) is 50.5 Å². The van der Waals surface area contributed by atoms with Gasteiger partial charge in [0.25, 0.3) is 5.91 Å². The lowest BCUT2D eigenvalue weighted by Gasteiger charge is -2.31. The molecule has 2 aliphatic rings. The fraction of sp³-hybridized carbons (Fsp3) is 0.440. The van der Waals surface area contributed by atoms with Crippen molar-refractivity contribution in [3.8, 4) is 5.75 Å². The average Bonchev–Trinajstić information content (AvgIpc) is 3.42.